The number of para-hydroxylation sites is 1. The van der Waals surface area contributed by atoms with Gasteiger partial charge in [-0.05, 0) is 25.5 Å². The van der Waals surface area contributed by atoms with E-state index in [1.54, 1.807) is 7.11 Å². The third-order valence-corrected chi connectivity index (χ3v) is 2.82. The first-order valence-electron chi connectivity index (χ1n) is 6.09. The normalized spacial score (nSPS) is 10.3. The molecule has 0 saturated carbocycles. The van der Waals surface area contributed by atoms with Crippen molar-refractivity contribution in [2.75, 3.05) is 12.8 Å². The zero-order chi connectivity index (χ0) is 13.8. The minimum Gasteiger partial charge on any atom is -0.497 e. The lowest BCUT2D eigenvalue weighted by Gasteiger charge is -2.12. The average molecular weight is 258 g/mol. The Bertz CT molecular complexity index is 562. The maximum Gasteiger partial charge on any atom is 0.145 e. The highest BCUT2D eigenvalue weighted by molar-refractivity contribution is 5.56. The van der Waals surface area contributed by atoms with Gasteiger partial charge in [-0.1, -0.05) is 12.1 Å². The van der Waals surface area contributed by atoms with Gasteiger partial charge in [0.25, 0.3) is 0 Å². The molecule has 0 fully saturated rings. The Labute approximate surface area is 113 Å². The fourth-order valence-corrected chi connectivity index (χ4v) is 1.91. The second kappa shape index (κ2) is 5.61. The molecule has 0 atom stereocenters. The SMILES string of the molecule is COc1cc(C)nc(COc2c(C)cccc2N)c1. The molecule has 4 nitrogen and oxygen atoms in total. The Hall–Kier alpha value is -2.23. The minimum absolute atomic E-state index is 0.368. The van der Waals surface area contributed by atoms with Crippen LogP contribution in [0.5, 0.6) is 11.5 Å². The Kier molecular flexibility index (Phi) is 3.90. The molecule has 1 heterocycles. The van der Waals surface area contributed by atoms with Gasteiger partial charge in [0.1, 0.15) is 18.1 Å². The first-order valence-corrected chi connectivity index (χ1v) is 6.09. The van der Waals surface area contributed by atoms with Gasteiger partial charge < -0.3 is 15.2 Å². The van der Waals surface area contributed by atoms with Crippen LogP contribution in [0.15, 0.2) is 30.3 Å². The predicted molar refractivity (Wildman–Crippen MR) is 75.4 cm³/mol. The summed E-state index contributed by atoms with van der Waals surface area (Å²) in [6.07, 6.45) is 0. The molecule has 19 heavy (non-hydrogen) atoms. The molecule has 1 aromatic heterocycles. The number of nitrogens with zero attached hydrogens (tertiary/aromatic N) is 1. The van der Waals surface area contributed by atoms with Crippen LogP contribution in [-0.2, 0) is 6.61 Å². The van der Waals surface area contributed by atoms with Crippen LogP contribution in [0.25, 0.3) is 0 Å². The number of nitrogen functional groups attached to an aromatic ring is 1. The van der Waals surface area contributed by atoms with E-state index in [9.17, 15) is 0 Å². The number of benzene rings is 1. The van der Waals surface area contributed by atoms with Gasteiger partial charge in [-0.15, -0.1) is 0 Å². The highest BCUT2D eigenvalue weighted by Gasteiger charge is 2.06. The van der Waals surface area contributed by atoms with Gasteiger partial charge in [-0.3, -0.25) is 4.98 Å². The van der Waals surface area contributed by atoms with Crippen LogP contribution in [0.2, 0.25) is 0 Å². The number of pyridine rings is 1. The lowest BCUT2D eigenvalue weighted by Crippen LogP contribution is -2.03. The summed E-state index contributed by atoms with van der Waals surface area (Å²) in [6.45, 7) is 4.26. The third kappa shape index (κ3) is 3.16. The molecular weight excluding hydrogens is 240 g/mol. The predicted octanol–water partition coefficient (Wildman–Crippen LogP) is 2.87. The van der Waals surface area contributed by atoms with E-state index in [4.69, 9.17) is 15.2 Å². The molecule has 0 unspecified atom stereocenters. The number of nitrogens with two attached hydrogens (primary N) is 1. The molecule has 2 N–H and O–H groups in total. The molecular formula is C15H18N2O2. The molecule has 0 aliphatic rings. The first-order chi connectivity index (χ1) is 9.10. The average Bonchev–Trinajstić information content (AvgIpc) is 2.37. The molecule has 0 radical (unpaired) electrons. The van der Waals surface area contributed by atoms with Crippen molar-refractivity contribution in [3.05, 3.63) is 47.3 Å². The summed E-state index contributed by atoms with van der Waals surface area (Å²) in [7, 11) is 1.64. The Morgan fingerprint density at radius 3 is 2.68 bits per heavy atom. The van der Waals surface area contributed by atoms with Crippen LogP contribution in [0.1, 0.15) is 17.0 Å². The highest BCUT2D eigenvalue weighted by atomic mass is 16.5. The molecule has 0 aliphatic heterocycles. The van der Waals surface area contributed by atoms with Crippen molar-refractivity contribution >= 4 is 5.69 Å². The van der Waals surface area contributed by atoms with Gasteiger partial charge in [0, 0.05) is 17.8 Å². The topological polar surface area (TPSA) is 57.4 Å². The number of hydrogen-bond acceptors (Lipinski definition) is 4. The van der Waals surface area contributed by atoms with Gasteiger partial charge >= 0.3 is 0 Å². The first kappa shape index (κ1) is 13.2. The van der Waals surface area contributed by atoms with Crippen molar-refractivity contribution in [1.29, 1.82) is 0 Å². The molecule has 4 heteroatoms. The van der Waals surface area contributed by atoms with E-state index in [-0.39, 0.29) is 0 Å². The van der Waals surface area contributed by atoms with Crippen molar-refractivity contribution in [2.24, 2.45) is 0 Å². The largest absolute Gasteiger partial charge is 0.497 e. The summed E-state index contributed by atoms with van der Waals surface area (Å²) >= 11 is 0. The Morgan fingerprint density at radius 1 is 1.21 bits per heavy atom. The van der Waals surface area contributed by atoms with Crippen LogP contribution in [0, 0.1) is 13.8 Å². The van der Waals surface area contributed by atoms with E-state index < -0.39 is 0 Å². The smallest absolute Gasteiger partial charge is 0.145 e. The van der Waals surface area contributed by atoms with E-state index in [0.29, 0.717) is 18.0 Å². The molecule has 1 aromatic carbocycles. The summed E-state index contributed by atoms with van der Waals surface area (Å²) in [5.41, 5.74) is 9.27. The van der Waals surface area contributed by atoms with Gasteiger partial charge in [0.15, 0.2) is 0 Å². The quantitative estimate of drug-likeness (QED) is 0.857. The summed E-state index contributed by atoms with van der Waals surface area (Å²) in [5, 5.41) is 0. The molecule has 0 bridgehead atoms. The van der Waals surface area contributed by atoms with E-state index in [1.807, 2.05) is 44.2 Å². The lowest BCUT2D eigenvalue weighted by atomic mass is 10.2. The number of aryl methyl sites for hydroxylation is 2. The number of ether oxygens (including phenoxy) is 2. The van der Waals surface area contributed by atoms with Crippen LogP contribution in [-0.4, -0.2) is 12.1 Å². The van der Waals surface area contributed by atoms with Crippen molar-refractivity contribution in [3.63, 3.8) is 0 Å². The van der Waals surface area contributed by atoms with Crippen LogP contribution < -0.4 is 15.2 Å². The number of anilines is 1. The van der Waals surface area contributed by atoms with Gasteiger partial charge in [0.05, 0.1) is 18.5 Å². The molecule has 100 valence electrons. The van der Waals surface area contributed by atoms with E-state index in [1.165, 1.54) is 0 Å². The summed E-state index contributed by atoms with van der Waals surface area (Å²) < 4.78 is 11.0. The maximum atomic E-state index is 5.90. The molecule has 0 aliphatic carbocycles. The fraction of sp³-hybridized carbons (Fsp3) is 0.267. The lowest BCUT2D eigenvalue weighted by molar-refractivity contribution is 0.299. The van der Waals surface area contributed by atoms with Gasteiger partial charge in [0.2, 0.25) is 0 Å². The second-order valence-electron chi connectivity index (χ2n) is 4.42. The molecule has 2 rings (SSSR count). The van der Waals surface area contributed by atoms with Gasteiger partial charge in [-0.25, -0.2) is 0 Å². The van der Waals surface area contributed by atoms with E-state index in [2.05, 4.69) is 4.98 Å². The van der Waals surface area contributed by atoms with Crippen LogP contribution in [0.4, 0.5) is 5.69 Å². The highest BCUT2D eigenvalue weighted by Crippen LogP contribution is 2.26. The van der Waals surface area contributed by atoms with Gasteiger partial charge in [-0.2, -0.15) is 0 Å². The number of methoxy groups -OCH3 is 1. The van der Waals surface area contributed by atoms with Crippen molar-refractivity contribution in [2.45, 2.75) is 20.5 Å². The van der Waals surface area contributed by atoms with Crippen molar-refractivity contribution < 1.29 is 9.47 Å². The van der Waals surface area contributed by atoms with Crippen LogP contribution >= 0.6 is 0 Å². The third-order valence-electron chi connectivity index (χ3n) is 2.82. The standard InChI is InChI=1S/C15H18N2O2/c1-10-5-4-6-14(16)15(10)19-9-12-8-13(18-3)7-11(2)17-12/h4-8H,9,16H2,1-3H3. The molecule has 0 spiro atoms. The molecule has 0 saturated heterocycles. The van der Waals surface area contributed by atoms with Crippen molar-refractivity contribution in [1.82, 2.24) is 4.98 Å². The number of rotatable bonds is 4. The zero-order valence-corrected chi connectivity index (χ0v) is 11.4. The van der Waals surface area contributed by atoms with E-state index in [0.717, 1.165) is 22.7 Å². The molecule has 2 aromatic rings. The van der Waals surface area contributed by atoms with E-state index >= 15 is 0 Å². The maximum absolute atomic E-state index is 5.90. The second-order valence-corrected chi connectivity index (χ2v) is 4.42. The van der Waals surface area contributed by atoms with Crippen LogP contribution in [0.3, 0.4) is 0 Å². The minimum atomic E-state index is 0.368. The Morgan fingerprint density at radius 2 is 2.00 bits per heavy atom. The summed E-state index contributed by atoms with van der Waals surface area (Å²) in [6, 6.07) is 9.45. The zero-order valence-electron chi connectivity index (χ0n) is 11.4. The number of hydrogen-bond donors (Lipinski definition) is 1. The van der Waals surface area contributed by atoms with Crippen molar-refractivity contribution in [3.8, 4) is 11.5 Å². The summed E-state index contributed by atoms with van der Waals surface area (Å²) in [5.74, 6) is 1.49. The number of aromatic nitrogens is 1. The Balaban J connectivity index is 2.16. The molecule has 0 amide bonds. The fourth-order valence-electron chi connectivity index (χ4n) is 1.91. The summed E-state index contributed by atoms with van der Waals surface area (Å²) in [4.78, 5) is 4.41. The monoisotopic (exact) mass is 258 g/mol.